The van der Waals surface area contributed by atoms with Gasteiger partial charge in [0, 0.05) is 12.0 Å². The Hall–Kier alpha value is -4.27. The predicted octanol–water partition coefficient (Wildman–Crippen LogP) is 1.32. The first-order chi connectivity index (χ1) is 20.2. The lowest BCUT2D eigenvalue weighted by molar-refractivity contribution is -0.136. The molecule has 1 saturated carbocycles. The summed E-state index contributed by atoms with van der Waals surface area (Å²) < 4.78 is 70.8. The third-order valence-corrected chi connectivity index (χ3v) is 7.65. The van der Waals surface area contributed by atoms with Crippen LogP contribution in [0.15, 0.2) is 24.3 Å². The fraction of sp³-hybridized carbons (Fsp3) is 0.429. The lowest BCUT2D eigenvalue weighted by Crippen LogP contribution is -2.64. The van der Waals surface area contributed by atoms with Crippen molar-refractivity contribution in [1.29, 1.82) is 0 Å². The molecule has 1 heterocycles. The monoisotopic (exact) mass is 612 g/mol. The van der Waals surface area contributed by atoms with E-state index >= 15 is 0 Å². The lowest BCUT2D eigenvalue weighted by Gasteiger charge is -2.34. The molecule has 2 aliphatic rings. The van der Waals surface area contributed by atoms with Crippen molar-refractivity contribution >= 4 is 23.6 Å². The molecule has 1 saturated heterocycles. The number of halogens is 5. The van der Waals surface area contributed by atoms with Gasteiger partial charge in [0.05, 0.1) is 29.7 Å². The van der Waals surface area contributed by atoms with E-state index in [4.69, 9.17) is 0 Å². The van der Waals surface area contributed by atoms with E-state index in [1.54, 1.807) is 0 Å². The maximum atomic E-state index is 14.6. The van der Waals surface area contributed by atoms with Gasteiger partial charge in [-0.3, -0.25) is 19.2 Å². The Labute approximate surface area is 242 Å². The molecule has 0 spiro atoms. The van der Waals surface area contributed by atoms with Crippen molar-refractivity contribution in [3.05, 3.63) is 64.5 Å². The Morgan fingerprint density at radius 2 is 1.44 bits per heavy atom. The predicted molar refractivity (Wildman–Crippen MR) is 139 cm³/mol. The number of nitrogens with one attached hydrogen (secondary N) is 4. The van der Waals surface area contributed by atoms with Gasteiger partial charge in [0.1, 0.15) is 17.8 Å². The van der Waals surface area contributed by atoms with Crippen LogP contribution in [-0.2, 0) is 20.8 Å². The Balaban J connectivity index is 1.75. The Kier molecular flexibility index (Phi) is 9.23. The van der Waals surface area contributed by atoms with Gasteiger partial charge < -0.3 is 31.5 Å². The normalized spacial score (nSPS) is 26.8. The van der Waals surface area contributed by atoms with Gasteiger partial charge in [-0.15, -0.1) is 0 Å². The quantitative estimate of drug-likeness (QED) is 0.170. The molecule has 4 amide bonds. The van der Waals surface area contributed by atoms with Gasteiger partial charge in [-0.2, -0.15) is 0 Å². The van der Waals surface area contributed by atoms with E-state index < -0.39 is 107 Å². The van der Waals surface area contributed by atoms with E-state index in [0.29, 0.717) is 12.8 Å². The summed E-state index contributed by atoms with van der Waals surface area (Å²) in [5.41, 5.74) is -1.60. The van der Waals surface area contributed by atoms with Crippen LogP contribution in [0.2, 0.25) is 0 Å². The van der Waals surface area contributed by atoms with E-state index in [-0.39, 0.29) is 11.5 Å². The number of benzene rings is 2. The summed E-state index contributed by atoms with van der Waals surface area (Å²) in [6, 6.07) is -0.433. The Bertz CT molecular complexity index is 1430. The van der Waals surface area contributed by atoms with Crippen molar-refractivity contribution < 1.29 is 51.3 Å². The minimum Gasteiger partial charge on any atom is -0.507 e. The van der Waals surface area contributed by atoms with Crippen molar-refractivity contribution in [2.45, 2.75) is 63.4 Å². The van der Waals surface area contributed by atoms with Gasteiger partial charge in [0.15, 0.2) is 23.3 Å². The van der Waals surface area contributed by atoms with Crippen molar-refractivity contribution in [1.82, 2.24) is 21.3 Å². The largest absolute Gasteiger partial charge is 0.507 e. The number of aromatic hydroxyl groups is 1. The number of phenols is 1. The molecule has 4 rings (SSSR count). The first-order valence-corrected chi connectivity index (χ1v) is 13.4. The first kappa shape index (κ1) is 31.7. The zero-order valence-corrected chi connectivity index (χ0v) is 22.9. The Morgan fingerprint density at radius 3 is 2.02 bits per heavy atom. The molecule has 6 N–H and O–H groups in total. The molecule has 0 aromatic heterocycles. The van der Waals surface area contributed by atoms with Crippen LogP contribution in [0.3, 0.4) is 0 Å². The van der Waals surface area contributed by atoms with Gasteiger partial charge in [-0.05, 0) is 37.8 Å². The second kappa shape index (κ2) is 12.5. The van der Waals surface area contributed by atoms with Gasteiger partial charge in [0.2, 0.25) is 23.5 Å². The maximum Gasteiger partial charge on any atom is 0.255 e. The van der Waals surface area contributed by atoms with Crippen LogP contribution < -0.4 is 21.3 Å². The fourth-order valence-electron chi connectivity index (χ4n) is 4.89. The smallest absolute Gasteiger partial charge is 0.255 e. The van der Waals surface area contributed by atoms with Crippen molar-refractivity contribution in [3.63, 3.8) is 0 Å². The molecule has 6 atom stereocenters. The highest BCUT2D eigenvalue weighted by molar-refractivity contribution is 6.00. The van der Waals surface area contributed by atoms with Gasteiger partial charge >= 0.3 is 0 Å². The molecule has 0 bridgehead atoms. The summed E-state index contributed by atoms with van der Waals surface area (Å²) in [5, 5.41) is 30.9. The van der Waals surface area contributed by atoms with E-state index in [1.165, 1.54) is 38.1 Å². The molecule has 2 aromatic carbocycles. The average molecular weight is 613 g/mol. The van der Waals surface area contributed by atoms with Crippen molar-refractivity contribution in [2.24, 2.45) is 11.8 Å². The number of para-hydroxylation sites is 1. The van der Waals surface area contributed by atoms with E-state index in [0.717, 1.165) is 0 Å². The zero-order chi connectivity index (χ0) is 31.7. The van der Waals surface area contributed by atoms with Crippen LogP contribution in [-0.4, -0.2) is 64.1 Å². The minimum absolute atomic E-state index is 0.241. The summed E-state index contributed by atoms with van der Waals surface area (Å²) in [6.45, 7) is 2.52. The summed E-state index contributed by atoms with van der Waals surface area (Å²) in [6.07, 6.45) is -1.95. The number of amides is 4. The van der Waals surface area contributed by atoms with Crippen LogP contribution in [0.25, 0.3) is 0 Å². The number of aliphatic hydroxyl groups excluding tert-OH is 1. The fourth-order valence-corrected chi connectivity index (χ4v) is 4.89. The highest BCUT2D eigenvalue weighted by Gasteiger charge is 2.43. The zero-order valence-electron chi connectivity index (χ0n) is 22.9. The summed E-state index contributed by atoms with van der Waals surface area (Å²) >= 11 is 0. The molecule has 2 aromatic rings. The van der Waals surface area contributed by atoms with Gasteiger partial charge in [-0.1, -0.05) is 19.1 Å². The molecule has 1 unspecified atom stereocenters. The summed E-state index contributed by atoms with van der Waals surface area (Å²) in [5.74, 6) is -17.1. The molecule has 2 fully saturated rings. The summed E-state index contributed by atoms with van der Waals surface area (Å²) in [4.78, 5) is 52.7. The highest BCUT2D eigenvalue weighted by atomic mass is 19.2. The van der Waals surface area contributed by atoms with E-state index in [2.05, 4.69) is 21.3 Å². The summed E-state index contributed by atoms with van der Waals surface area (Å²) in [7, 11) is 0. The lowest BCUT2D eigenvalue weighted by atomic mass is 9.90. The second-order valence-corrected chi connectivity index (χ2v) is 10.7. The van der Waals surface area contributed by atoms with Crippen molar-refractivity contribution in [3.8, 4) is 5.75 Å². The van der Waals surface area contributed by atoms with E-state index in [9.17, 15) is 51.3 Å². The first-order valence-electron chi connectivity index (χ1n) is 13.4. The minimum atomic E-state index is -2.41. The number of phenolic OH excluding ortho intramolecular Hbond substituents is 1. The van der Waals surface area contributed by atoms with Crippen LogP contribution >= 0.6 is 0 Å². The SMILES string of the molecule is C[C@H]1NC(=O)C(C2CC2)NC(=O)[C@H](C)[C@H](O)[C@H](Cc2c(F)c(F)c(F)c(F)c2F)NC(=O)[C@H]1NC(=O)c1ccccc1O. The third kappa shape index (κ3) is 6.55. The molecular weight excluding hydrogens is 583 g/mol. The van der Waals surface area contributed by atoms with Crippen LogP contribution in [0.1, 0.15) is 42.6 Å². The molecule has 0 radical (unpaired) electrons. The maximum absolute atomic E-state index is 14.6. The molecule has 15 heteroatoms. The number of rotatable bonds is 5. The number of carbonyl (C=O) groups is 4. The van der Waals surface area contributed by atoms with Crippen molar-refractivity contribution in [2.75, 3.05) is 0 Å². The van der Waals surface area contributed by atoms with Gasteiger partial charge in [0.25, 0.3) is 5.91 Å². The number of hydrogen-bond donors (Lipinski definition) is 6. The molecule has 1 aliphatic heterocycles. The molecule has 232 valence electrons. The van der Waals surface area contributed by atoms with Crippen LogP contribution in [0.4, 0.5) is 22.0 Å². The molecule has 43 heavy (non-hydrogen) atoms. The molecule has 1 aliphatic carbocycles. The average Bonchev–Trinajstić information content (AvgIpc) is 3.82. The third-order valence-electron chi connectivity index (χ3n) is 7.65. The number of carbonyl (C=O) groups excluding carboxylic acids is 4. The Morgan fingerprint density at radius 1 is 0.860 bits per heavy atom. The second-order valence-electron chi connectivity index (χ2n) is 10.7. The topological polar surface area (TPSA) is 157 Å². The number of hydrogen-bond acceptors (Lipinski definition) is 6. The van der Waals surface area contributed by atoms with E-state index in [1.807, 2.05) is 0 Å². The highest BCUT2D eigenvalue weighted by Crippen LogP contribution is 2.33. The van der Waals surface area contributed by atoms with Crippen LogP contribution in [0, 0.1) is 40.9 Å². The standard InChI is InChI=1S/C28H29F5N4O6/c1-10-24(39)15(9-14-17(29)19(31)21(33)20(32)18(14)30)35-27(42)22(36-26(41)13-5-3-4-6-16(13)38)11(2)34-28(43)23(12-7-8-12)37-25(10)40/h3-6,10-12,15,22-24,38-39H,7-9H2,1-2H3,(H,34,43)(H,35,42)(H,36,41)(H,37,40)/t10-,11-,15+,22+,23?,24+/m1/s1. The molecule has 10 nitrogen and oxygen atoms in total. The number of aliphatic hydroxyl groups is 1. The van der Waals surface area contributed by atoms with Crippen LogP contribution in [0.5, 0.6) is 5.75 Å². The molecular formula is C28H29F5N4O6. The van der Waals surface area contributed by atoms with Gasteiger partial charge in [-0.25, -0.2) is 22.0 Å².